The van der Waals surface area contributed by atoms with Gasteiger partial charge in [-0.2, -0.15) is 0 Å². The molecule has 2 aliphatic carbocycles. The molecular weight excluding hydrogens is 396 g/mol. The van der Waals surface area contributed by atoms with Crippen LogP contribution in [-0.4, -0.2) is 65.3 Å². The normalized spacial score (nSPS) is 50.7. The first-order valence-electron chi connectivity index (χ1n) is 12.1. The van der Waals surface area contributed by atoms with E-state index in [1.807, 2.05) is 6.92 Å². The molecule has 5 rings (SSSR count). The fourth-order valence-electron chi connectivity index (χ4n) is 7.96. The second kappa shape index (κ2) is 6.91. The third-order valence-electron chi connectivity index (χ3n) is 8.90. The third-order valence-corrected chi connectivity index (χ3v) is 8.90. The van der Waals surface area contributed by atoms with Crippen LogP contribution in [0, 0.1) is 23.7 Å². The lowest BCUT2D eigenvalue weighted by Gasteiger charge is -2.67. The molecule has 1 N–H and O–H groups in total. The predicted molar refractivity (Wildman–Crippen MR) is 114 cm³/mol. The van der Waals surface area contributed by atoms with E-state index in [1.165, 1.54) is 0 Å². The van der Waals surface area contributed by atoms with Crippen LogP contribution < -0.4 is 0 Å². The van der Waals surface area contributed by atoms with Gasteiger partial charge in [0.25, 0.3) is 0 Å². The first-order chi connectivity index (χ1) is 14.6. The Kier molecular flexibility index (Phi) is 4.94. The molecule has 3 heterocycles. The van der Waals surface area contributed by atoms with Crippen LogP contribution in [0.1, 0.15) is 73.1 Å². The van der Waals surface area contributed by atoms with E-state index in [4.69, 9.17) is 30.1 Å². The van der Waals surface area contributed by atoms with E-state index in [2.05, 4.69) is 33.6 Å². The summed E-state index contributed by atoms with van der Waals surface area (Å²) < 4.78 is 33.5. The Morgan fingerprint density at radius 1 is 1.13 bits per heavy atom. The van der Waals surface area contributed by atoms with Crippen molar-refractivity contribution >= 4 is 0 Å². The van der Waals surface area contributed by atoms with Gasteiger partial charge in [0.05, 0.1) is 41.5 Å². The van der Waals surface area contributed by atoms with Crippen LogP contribution in [0.15, 0.2) is 0 Å². The summed E-state index contributed by atoms with van der Waals surface area (Å²) in [7, 11) is 0. The highest BCUT2D eigenvalue weighted by Crippen LogP contribution is 2.72. The molecule has 0 aromatic rings. The molecule has 0 amide bonds. The second-order valence-electron chi connectivity index (χ2n) is 11.1. The van der Waals surface area contributed by atoms with Gasteiger partial charge in [0.2, 0.25) is 0 Å². The molecule has 31 heavy (non-hydrogen) atoms. The zero-order valence-corrected chi connectivity index (χ0v) is 19.6. The van der Waals surface area contributed by atoms with Gasteiger partial charge in [-0.1, -0.05) is 32.6 Å². The molecule has 0 aromatic heterocycles. The highest BCUT2D eigenvalue weighted by Gasteiger charge is 2.87. The zero-order valence-electron chi connectivity index (χ0n) is 19.6. The van der Waals surface area contributed by atoms with E-state index in [1.54, 1.807) is 0 Å². The minimum Gasteiger partial charge on any atom is -0.387 e. The summed E-state index contributed by atoms with van der Waals surface area (Å²) in [6.07, 6.45) is 9.63. The number of hydrogen-bond donors (Lipinski definition) is 1. The fraction of sp³-hybridized carbons (Fsp3) is 0.920. The van der Waals surface area contributed by atoms with Crippen LogP contribution in [0.3, 0.4) is 0 Å². The zero-order chi connectivity index (χ0) is 22.3. The van der Waals surface area contributed by atoms with E-state index < -0.39 is 28.0 Å². The van der Waals surface area contributed by atoms with Crippen molar-refractivity contribution in [3.05, 3.63) is 0 Å². The molecule has 4 bridgehead atoms. The van der Waals surface area contributed by atoms with Crippen molar-refractivity contribution in [1.29, 1.82) is 0 Å². The van der Waals surface area contributed by atoms with Gasteiger partial charge < -0.3 is 28.8 Å². The first kappa shape index (κ1) is 22.1. The Morgan fingerprint density at radius 2 is 1.84 bits per heavy atom. The lowest BCUT2D eigenvalue weighted by atomic mass is 9.47. The Hall–Kier alpha value is -0.680. The van der Waals surface area contributed by atoms with E-state index >= 15 is 0 Å². The maximum absolute atomic E-state index is 12.0. The molecule has 174 valence electrons. The molecule has 5 aliphatic rings. The van der Waals surface area contributed by atoms with Crippen LogP contribution in [-0.2, 0) is 23.7 Å². The SMILES string of the molecule is C#CCO[C@@H]1[C@H]2C[C@@H]3OC(CCC)(CCC)O[C@H]4[C@@H]5C[C@](C)(O)[C@]1(OC2(C)C)[C@]34CO5. The quantitative estimate of drug-likeness (QED) is 0.648. The van der Waals surface area contributed by atoms with E-state index in [0.29, 0.717) is 13.0 Å². The molecule has 0 unspecified atom stereocenters. The van der Waals surface area contributed by atoms with Gasteiger partial charge in [-0.15, -0.1) is 6.42 Å². The molecular formula is C25H38O6. The van der Waals surface area contributed by atoms with Crippen LogP contribution in [0.4, 0.5) is 0 Å². The Bertz CT molecular complexity index is 764. The molecule has 6 heteroatoms. The van der Waals surface area contributed by atoms with Gasteiger partial charge in [0.1, 0.15) is 18.3 Å². The number of aliphatic hydroxyl groups is 1. The molecule has 3 aliphatic heterocycles. The molecule has 3 saturated heterocycles. The number of ether oxygens (including phenoxy) is 5. The van der Waals surface area contributed by atoms with Gasteiger partial charge >= 0.3 is 0 Å². The molecule has 5 fully saturated rings. The van der Waals surface area contributed by atoms with Crippen molar-refractivity contribution in [1.82, 2.24) is 0 Å². The summed E-state index contributed by atoms with van der Waals surface area (Å²) in [5.41, 5.74) is -3.28. The molecule has 2 spiro atoms. The maximum Gasteiger partial charge on any atom is 0.169 e. The van der Waals surface area contributed by atoms with Crippen molar-refractivity contribution < 1.29 is 28.8 Å². The third kappa shape index (κ3) is 2.57. The van der Waals surface area contributed by atoms with Crippen molar-refractivity contribution in [2.24, 2.45) is 11.3 Å². The summed E-state index contributed by atoms with van der Waals surface area (Å²) in [4.78, 5) is 0. The topological polar surface area (TPSA) is 66.4 Å². The van der Waals surface area contributed by atoms with Crippen LogP contribution >= 0.6 is 0 Å². The summed E-state index contributed by atoms with van der Waals surface area (Å²) in [6, 6.07) is 0. The minimum atomic E-state index is -1.16. The highest BCUT2D eigenvalue weighted by molar-refractivity contribution is 5.34. The van der Waals surface area contributed by atoms with E-state index in [9.17, 15) is 5.11 Å². The lowest BCUT2D eigenvalue weighted by Crippen LogP contribution is -2.83. The number of fused-ring (bicyclic) bond motifs is 1. The average Bonchev–Trinajstić information content (AvgIpc) is 3.07. The fourth-order valence-corrected chi connectivity index (χ4v) is 7.96. The number of hydrogen-bond acceptors (Lipinski definition) is 6. The Morgan fingerprint density at radius 3 is 2.48 bits per heavy atom. The lowest BCUT2D eigenvalue weighted by molar-refractivity contribution is -0.424. The molecule has 0 radical (unpaired) electrons. The molecule has 0 aromatic carbocycles. The van der Waals surface area contributed by atoms with Crippen LogP contribution in [0.25, 0.3) is 0 Å². The van der Waals surface area contributed by atoms with Crippen molar-refractivity contribution in [2.45, 2.75) is 120 Å². The monoisotopic (exact) mass is 434 g/mol. The van der Waals surface area contributed by atoms with Crippen molar-refractivity contribution in [3.8, 4) is 12.3 Å². The summed E-state index contributed by atoms with van der Waals surface area (Å²) in [5.74, 6) is 2.07. The van der Waals surface area contributed by atoms with E-state index in [-0.39, 0.29) is 36.9 Å². The van der Waals surface area contributed by atoms with E-state index in [0.717, 1.165) is 32.1 Å². The van der Waals surface area contributed by atoms with Crippen LogP contribution in [0.5, 0.6) is 0 Å². The Labute approximate surface area is 186 Å². The van der Waals surface area contributed by atoms with Crippen molar-refractivity contribution in [2.75, 3.05) is 13.2 Å². The summed E-state index contributed by atoms with van der Waals surface area (Å²) in [6.45, 7) is 11.1. The second-order valence-corrected chi connectivity index (χ2v) is 11.1. The van der Waals surface area contributed by atoms with Gasteiger partial charge in [0, 0.05) is 25.2 Å². The Balaban J connectivity index is 1.68. The van der Waals surface area contributed by atoms with Gasteiger partial charge in [0.15, 0.2) is 5.79 Å². The maximum atomic E-state index is 12.0. The molecule has 8 atom stereocenters. The number of rotatable bonds is 6. The standard InChI is InChI=1S/C25H38O6/c1-7-10-23(11-8-2)29-18-13-16-19(27-12-9-3)25(31-21(16,4)5)22(6,26)14-17-20(30-23)24(18,25)15-28-17/h3,16-20,26H,7-8,10-15H2,1-2,4-6H3/t16-,17+,18+,19-,20+,22+,24-,25+/m1/s1. The highest BCUT2D eigenvalue weighted by atomic mass is 16.7. The molecule has 2 saturated carbocycles. The summed E-state index contributed by atoms with van der Waals surface area (Å²) >= 11 is 0. The van der Waals surface area contributed by atoms with Gasteiger partial charge in [-0.05, 0) is 27.2 Å². The van der Waals surface area contributed by atoms with Gasteiger partial charge in [-0.25, -0.2) is 0 Å². The van der Waals surface area contributed by atoms with Crippen LogP contribution in [0.2, 0.25) is 0 Å². The predicted octanol–water partition coefficient (Wildman–Crippen LogP) is 3.19. The minimum absolute atomic E-state index is 0.0554. The smallest absolute Gasteiger partial charge is 0.169 e. The first-order valence-corrected chi connectivity index (χ1v) is 12.1. The summed E-state index contributed by atoms with van der Waals surface area (Å²) in [5, 5.41) is 12.0. The largest absolute Gasteiger partial charge is 0.387 e. The molecule has 6 nitrogen and oxygen atoms in total. The average molecular weight is 435 g/mol. The van der Waals surface area contributed by atoms with Crippen molar-refractivity contribution in [3.63, 3.8) is 0 Å². The number of terminal acetylenes is 1. The van der Waals surface area contributed by atoms with Gasteiger partial charge in [-0.3, -0.25) is 0 Å².